The summed E-state index contributed by atoms with van der Waals surface area (Å²) in [6.45, 7) is 0. The molecule has 2 rings (SSSR count). The standard InChI is InChI=1S/C11H8ClN3O3/c12-8-4-5-13-11(14-8)15-10(18)6-2-1-3-7(16)9(6)17/h1-5,16-17H,(H,13,14,15,18). The van der Waals surface area contributed by atoms with E-state index in [0.717, 1.165) is 0 Å². The van der Waals surface area contributed by atoms with Crippen LogP contribution in [0.2, 0.25) is 5.15 Å². The van der Waals surface area contributed by atoms with Gasteiger partial charge in [-0.15, -0.1) is 0 Å². The topological polar surface area (TPSA) is 95.3 Å². The second kappa shape index (κ2) is 4.89. The van der Waals surface area contributed by atoms with E-state index in [1.165, 1.54) is 30.5 Å². The molecule has 18 heavy (non-hydrogen) atoms. The Morgan fingerprint density at radius 1 is 1.28 bits per heavy atom. The van der Waals surface area contributed by atoms with Gasteiger partial charge in [0.15, 0.2) is 11.5 Å². The van der Waals surface area contributed by atoms with E-state index < -0.39 is 11.7 Å². The molecule has 0 aliphatic rings. The lowest BCUT2D eigenvalue weighted by molar-refractivity contribution is 0.102. The zero-order valence-electron chi connectivity index (χ0n) is 8.96. The molecule has 0 atom stereocenters. The Balaban J connectivity index is 2.25. The summed E-state index contributed by atoms with van der Waals surface area (Å²) in [5, 5.41) is 21.3. The number of carbonyl (C=O) groups is 1. The van der Waals surface area contributed by atoms with Crippen molar-refractivity contribution in [1.82, 2.24) is 9.97 Å². The molecule has 0 saturated heterocycles. The van der Waals surface area contributed by atoms with Crippen LogP contribution in [0.1, 0.15) is 10.4 Å². The van der Waals surface area contributed by atoms with Crippen LogP contribution in [-0.4, -0.2) is 26.1 Å². The third kappa shape index (κ3) is 2.49. The molecule has 1 amide bonds. The van der Waals surface area contributed by atoms with E-state index in [-0.39, 0.29) is 22.4 Å². The predicted octanol–water partition coefficient (Wildman–Crippen LogP) is 1.79. The van der Waals surface area contributed by atoms with Gasteiger partial charge in [0, 0.05) is 6.20 Å². The second-order valence-corrected chi connectivity index (χ2v) is 3.72. The van der Waals surface area contributed by atoms with Crippen molar-refractivity contribution in [2.45, 2.75) is 0 Å². The smallest absolute Gasteiger partial charge is 0.261 e. The molecule has 0 fully saturated rings. The predicted molar refractivity (Wildman–Crippen MR) is 64.8 cm³/mol. The number of aromatic nitrogens is 2. The zero-order valence-corrected chi connectivity index (χ0v) is 9.72. The third-order valence-corrected chi connectivity index (χ3v) is 2.32. The zero-order chi connectivity index (χ0) is 13.1. The molecule has 0 aliphatic heterocycles. The van der Waals surface area contributed by atoms with Crippen LogP contribution in [-0.2, 0) is 0 Å². The normalized spacial score (nSPS) is 10.1. The van der Waals surface area contributed by atoms with Gasteiger partial charge in [0.1, 0.15) is 5.15 Å². The van der Waals surface area contributed by atoms with Crippen molar-refractivity contribution in [3.8, 4) is 11.5 Å². The Morgan fingerprint density at radius 3 is 2.78 bits per heavy atom. The molecule has 1 aromatic carbocycles. The van der Waals surface area contributed by atoms with Crippen molar-refractivity contribution in [3.63, 3.8) is 0 Å². The van der Waals surface area contributed by atoms with Crippen molar-refractivity contribution in [2.75, 3.05) is 5.32 Å². The number of para-hydroxylation sites is 1. The molecular weight excluding hydrogens is 258 g/mol. The van der Waals surface area contributed by atoms with Gasteiger partial charge in [-0.3, -0.25) is 10.1 Å². The number of hydrogen-bond donors (Lipinski definition) is 3. The summed E-state index contributed by atoms with van der Waals surface area (Å²) < 4.78 is 0. The van der Waals surface area contributed by atoms with Crippen LogP contribution >= 0.6 is 11.6 Å². The molecule has 1 heterocycles. The number of nitrogens with one attached hydrogen (secondary N) is 1. The van der Waals surface area contributed by atoms with Crippen molar-refractivity contribution in [1.29, 1.82) is 0 Å². The highest BCUT2D eigenvalue weighted by atomic mass is 35.5. The number of phenols is 2. The largest absolute Gasteiger partial charge is 0.504 e. The molecule has 2 aromatic rings. The lowest BCUT2D eigenvalue weighted by Crippen LogP contribution is -2.14. The van der Waals surface area contributed by atoms with E-state index in [1.54, 1.807) is 0 Å². The Labute approximate surface area is 107 Å². The number of rotatable bonds is 2. The SMILES string of the molecule is O=C(Nc1nccc(Cl)n1)c1cccc(O)c1O. The van der Waals surface area contributed by atoms with Gasteiger partial charge in [0.2, 0.25) is 5.95 Å². The van der Waals surface area contributed by atoms with Crippen LogP contribution in [0.4, 0.5) is 5.95 Å². The third-order valence-electron chi connectivity index (χ3n) is 2.11. The molecular formula is C11H8ClN3O3. The van der Waals surface area contributed by atoms with Gasteiger partial charge in [0.25, 0.3) is 5.91 Å². The Morgan fingerprint density at radius 2 is 2.06 bits per heavy atom. The first kappa shape index (κ1) is 12.1. The van der Waals surface area contributed by atoms with Crippen LogP contribution < -0.4 is 5.32 Å². The summed E-state index contributed by atoms with van der Waals surface area (Å²) in [7, 11) is 0. The number of nitrogens with zero attached hydrogens (tertiary/aromatic N) is 2. The molecule has 6 nitrogen and oxygen atoms in total. The van der Waals surface area contributed by atoms with Gasteiger partial charge in [-0.1, -0.05) is 17.7 Å². The maximum absolute atomic E-state index is 11.8. The number of aromatic hydroxyl groups is 2. The van der Waals surface area contributed by atoms with E-state index in [0.29, 0.717) is 0 Å². The second-order valence-electron chi connectivity index (χ2n) is 3.33. The van der Waals surface area contributed by atoms with Crippen LogP contribution in [0, 0.1) is 0 Å². The van der Waals surface area contributed by atoms with Gasteiger partial charge in [-0.05, 0) is 18.2 Å². The molecule has 0 saturated carbocycles. The summed E-state index contributed by atoms with van der Waals surface area (Å²) in [6, 6.07) is 5.52. The minimum absolute atomic E-state index is 0.00948. The first-order valence-corrected chi connectivity index (χ1v) is 5.26. The number of benzene rings is 1. The first-order valence-electron chi connectivity index (χ1n) is 4.89. The minimum Gasteiger partial charge on any atom is -0.504 e. The molecule has 0 bridgehead atoms. The summed E-state index contributed by atoms with van der Waals surface area (Å²) >= 11 is 5.64. The van der Waals surface area contributed by atoms with E-state index in [9.17, 15) is 15.0 Å². The Hall–Kier alpha value is -2.34. The number of amides is 1. The number of anilines is 1. The van der Waals surface area contributed by atoms with Gasteiger partial charge in [-0.25, -0.2) is 9.97 Å². The van der Waals surface area contributed by atoms with Gasteiger partial charge < -0.3 is 10.2 Å². The highest BCUT2D eigenvalue weighted by molar-refractivity contribution is 6.29. The van der Waals surface area contributed by atoms with Crippen molar-refractivity contribution >= 4 is 23.5 Å². The van der Waals surface area contributed by atoms with Gasteiger partial charge >= 0.3 is 0 Å². The molecule has 1 aromatic heterocycles. The average Bonchev–Trinajstić information content (AvgIpc) is 2.32. The molecule has 0 unspecified atom stereocenters. The summed E-state index contributed by atoms with van der Waals surface area (Å²) in [5.74, 6) is -1.52. The van der Waals surface area contributed by atoms with Crippen LogP contribution in [0.5, 0.6) is 11.5 Å². The number of halogens is 1. The Bertz CT molecular complexity index is 604. The molecule has 0 aliphatic carbocycles. The van der Waals surface area contributed by atoms with E-state index in [2.05, 4.69) is 15.3 Å². The van der Waals surface area contributed by atoms with Crippen molar-refractivity contribution in [3.05, 3.63) is 41.2 Å². The minimum atomic E-state index is -0.648. The molecule has 92 valence electrons. The number of hydrogen-bond acceptors (Lipinski definition) is 5. The maximum Gasteiger partial charge on any atom is 0.261 e. The van der Waals surface area contributed by atoms with Crippen LogP contribution in [0.3, 0.4) is 0 Å². The maximum atomic E-state index is 11.8. The average molecular weight is 266 g/mol. The Kier molecular flexibility index (Phi) is 3.29. The fourth-order valence-electron chi connectivity index (χ4n) is 1.28. The fraction of sp³-hybridized carbons (Fsp3) is 0. The van der Waals surface area contributed by atoms with Crippen LogP contribution in [0.25, 0.3) is 0 Å². The number of carbonyl (C=O) groups excluding carboxylic acids is 1. The molecule has 7 heteroatoms. The molecule has 3 N–H and O–H groups in total. The lowest BCUT2D eigenvalue weighted by Gasteiger charge is -2.06. The molecule has 0 radical (unpaired) electrons. The first-order chi connectivity index (χ1) is 8.58. The highest BCUT2D eigenvalue weighted by Gasteiger charge is 2.14. The highest BCUT2D eigenvalue weighted by Crippen LogP contribution is 2.28. The molecule has 0 spiro atoms. The summed E-state index contributed by atoms with van der Waals surface area (Å²) in [5.41, 5.74) is -0.0847. The van der Waals surface area contributed by atoms with Crippen molar-refractivity contribution < 1.29 is 15.0 Å². The number of phenolic OH excluding ortho intramolecular Hbond substituents is 2. The fourth-order valence-corrected chi connectivity index (χ4v) is 1.42. The monoisotopic (exact) mass is 265 g/mol. The van der Waals surface area contributed by atoms with Gasteiger partial charge in [0.05, 0.1) is 5.56 Å². The van der Waals surface area contributed by atoms with E-state index in [1.807, 2.05) is 0 Å². The van der Waals surface area contributed by atoms with Crippen molar-refractivity contribution in [2.24, 2.45) is 0 Å². The quantitative estimate of drug-likeness (QED) is 0.568. The van der Waals surface area contributed by atoms with E-state index in [4.69, 9.17) is 11.6 Å². The lowest BCUT2D eigenvalue weighted by atomic mass is 10.2. The van der Waals surface area contributed by atoms with E-state index >= 15 is 0 Å². The summed E-state index contributed by atoms with van der Waals surface area (Å²) in [4.78, 5) is 19.3. The summed E-state index contributed by atoms with van der Waals surface area (Å²) in [6.07, 6.45) is 1.38. The van der Waals surface area contributed by atoms with Crippen LogP contribution in [0.15, 0.2) is 30.5 Å². The van der Waals surface area contributed by atoms with Gasteiger partial charge in [-0.2, -0.15) is 0 Å².